The van der Waals surface area contributed by atoms with Crippen LogP contribution in [0.2, 0.25) is 0 Å². The molecule has 3 heterocycles. The molecule has 0 saturated carbocycles. The SMILES string of the molecule is O=C(Cc1cccs1)NC1C(=O)N2C(C(=O)O)=C(Cl)CSC12. The number of halogens is 1. The highest BCUT2D eigenvalue weighted by atomic mass is 35.5. The van der Waals surface area contributed by atoms with Crippen LogP contribution in [0.1, 0.15) is 4.88 Å². The van der Waals surface area contributed by atoms with Crippen molar-refractivity contribution in [3.8, 4) is 0 Å². The molecule has 2 atom stereocenters. The maximum Gasteiger partial charge on any atom is 0.353 e. The first-order chi connectivity index (χ1) is 10.5. The first-order valence-corrected chi connectivity index (χ1v) is 8.68. The van der Waals surface area contributed by atoms with Gasteiger partial charge in [-0.2, -0.15) is 0 Å². The number of thiophene rings is 1. The minimum Gasteiger partial charge on any atom is -0.477 e. The van der Waals surface area contributed by atoms with E-state index in [-0.39, 0.29) is 23.1 Å². The lowest BCUT2D eigenvalue weighted by atomic mass is 10.0. The minimum atomic E-state index is -1.23. The lowest BCUT2D eigenvalue weighted by molar-refractivity contribution is -0.150. The highest BCUT2D eigenvalue weighted by molar-refractivity contribution is 8.00. The van der Waals surface area contributed by atoms with Crippen molar-refractivity contribution in [2.45, 2.75) is 17.8 Å². The summed E-state index contributed by atoms with van der Waals surface area (Å²) in [7, 11) is 0. The highest BCUT2D eigenvalue weighted by Crippen LogP contribution is 2.41. The number of carboxylic acid groups (broad SMARTS) is 1. The van der Waals surface area contributed by atoms with E-state index < -0.39 is 23.3 Å². The van der Waals surface area contributed by atoms with Crippen LogP contribution in [0.25, 0.3) is 0 Å². The van der Waals surface area contributed by atoms with Gasteiger partial charge in [0.25, 0.3) is 5.91 Å². The van der Waals surface area contributed by atoms with E-state index in [2.05, 4.69) is 5.32 Å². The molecule has 2 amide bonds. The summed E-state index contributed by atoms with van der Waals surface area (Å²) in [5, 5.41) is 13.4. The quantitative estimate of drug-likeness (QED) is 0.790. The Morgan fingerprint density at radius 2 is 2.27 bits per heavy atom. The molecule has 9 heteroatoms. The van der Waals surface area contributed by atoms with Crippen LogP contribution in [0, 0.1) is 0 Å². The molecule has 3 rings (SSSR count). The predicted molar refractivity (Wildman–Crippen MR) is 83.6 cm³/mol. The number of carboxylic acids is 1. The number of carbonyl (C=O) groups excluding carboxylic acids is 2. The lowest BCUT2D eigenvalue weighted by Gasteiger charge is -2.48. The van der Waals surface area contributed by atoms with E-state index in [9.17, 15) is 14.4 Å². The number of fused-ring (bicyclic) bond motifs is 1. The molecule has 1 aromatic heterocycles. The average molecular weight is 359 g/mol. The Bertz CT molecular complexity index is 674. The van der Waals surface area contributed by atoms with Gasteiger partial charge in [-0.3, -0.25) is 14.5 Å². The van der Waals surface area contributed by atoms with Gasteiger partial charge >= 0.3 is 5.97 Å². The van der Waals surface area contributed by atoms with Crippen molar-refractivity contribution in [2.24, 2.45) is 0 Å². The largest absolute Gasteiger partial charge is 0.477 e. The first-order valence-electron chi connectivity index (χ1n) is 6.37. The van der Waals surface area contributed by atoms with Crippen molar-refractivity contribution >= 4 is 52.5 Å². The van der Waals surface area contributed by atoms with Crippen molar-refractivity contribution in [3.63, 3.8) is 0 Å². The third-order valence-electron chi connectivity index (χ3n) is 3.36. The van der Waals surface area contributed by atoms with Crippen molar-refractivity contribution in [3.05, 3.63) is 33.1 Å². The summed E-state index contributed by atoms with van der Waals surface area (Å²) in [4.78, 5) is 37.4. The normalized spacial score (nSPS) is 23.9. The first kappa shape index (κ1) is 15.4. The van der Waals surface area contributed by atoms with E-state index >= 15 is 0 Å². The third kappa shape index (κ3) is 2.62. The standard InChI is InChI=1S/C13H11ClN2O4S2/c14-7-5-22-12-9(11(18)16(12)10(7)13(19)20)15-8(17)4-6-2-1-3-21-6/h1-3,9,12H,4-5H2,(H,15,17)(H,19,20). The van der Waals surface area contributed by atoms with Gasteiger partial charge in [0, 0.05) is 10.6 Å². The molecule has 0 aromatic carbocycles. The summed E-state index contributed by atoms with van der Waals surface area (Å²) in [6.45, 7) is 0. The van der Waals surface area contributed by atoms with E-state index in [1.807, 2.05) is 17.5 Å². The number of rotatable bonds is 4. The van der Waals surface area contributed by atoms with E-state index in [4.69, 9.17) is 16.7 Å². The monoisotopic (exact) mass is 358 g/mol. The van der Waals surface area contributed by atoms with Crippen LogP contribution in [-0.2, 0) is 20.8 Å². The zero-order chi connectivity index (χ0) is 15.9. The smallest absolute Gasteiger partial charge is 0.353 e. The summed E-state index contributed by atoms with van der Waals surface area (Å²) in [5.41, 5.74) is -0.181. The number of hydrogen-bond donors (Lipinski definition) is 2. The summed E-state index contributed by atoms with van der Waals surface area (Å²) >= 11 is 8.70. The Balaban J connectivity index is 1.68. The van der Waals surface area contributed by atoms with Crippen LogP contribution >= 0.6 is 34.7 Å². The van der Waals surface area contributed by atoms with Crippen molar-refractivity contribution in [2.75, 3.05) is 5.75 Å². The summed E-state index contributed by atoms with van der Waals surface area (Å²) in [6, 6.07) is 3.00. The molecule has 2 aliphatic heterocycles. The second kappa shape index (κ2) is 5.94. The van der Waals surface area contributed by atoms with E-state index in [1.165, 1.54) is 23.1 Å². The fourth-order valence-corrected chi connectivity index (χ4v) is 4.63. The Morgan fingerprint density at radius 1 is 1.50 bits per heavy atom. The zero-order valence-electron chi connectivity index (χ0n) is 11.1. The summed E-state index contributed by atoms with van der Waals surface area (Å²) < 4.78 is 0. The number of hydrogen-bond acceptors (Lipinski definition) is 5. The van der Waals surface area contributed by atoms with Crippen LogP contribution in [0.3, 0.4) is 0 Å². The molecular weight excluding hydrogens is 348 g/mol. The van der Waals surface area contributed by atoms with E-state index in [0.717, 1.165) is 9.78 Å². The average Bonchev–Trinajstić information content (AvgIpc) is 2.97. The zero-order valence-corrected chi connectivity index (χ0v) is 13.5. The van der Waals surface area contributed by atoms with Gasteiger partial charge in [0.15, 0.2) is 0 Å². The molecule has 22 heavy (non-hydrogen) atoms. The Labute approximate surface area is 139 Å². The predicted octanol–water partition coefficient (Wildman–Crippen LogP) is 1.23. The molecule has 2 aliphatic rings. The molecule has 2 N–H and O–H groups in total. The van der Waals surface area contributed by atoms with Crippen LogP contribution < -0.4 is 5.32 Å². The third-order valence-corrected chi connectivity index (χ3v) is 5.98. The van der Waals surface area contributed by atoms with Gasteiger partial charge in [-0.15, -0.1) is 23.1 Å². The molecule has 1 saturated heterocycles. The number of nitrogens with one attached hydrogen (secondary N) is 1. The van der Waals surface area contributed by atoms with Crippen LogP contribution in [0.5, 0.6) is 0 Å². The van der Waals surface area contributed by atoms with Gasteiger partial charge in [-0.05, 0) is 11.4 Å². The Hall–Kier alpha value is -1.51. The van der Waals surface area contributed by atoms with Gasteiger partial charge in [-0.25, -0.2) is 4.79 Å². The maximum atomic E-state index is 12.1. The van der Waals surface area contributed by atoms with Gasteiger partial charge < -0.3 is 10.4 Å². The lowest BCUT2D eigenvalue weighted by Crippen LogP contribution is -2.70. The molecule has 1 fully saturated rings. The molecule has 0 spiro atoms. The molecule has 1 aromatic rings. The second-order valence-corrected chi connectivity index (χ2v) is 7.36. The molecule has 0 radical (unpaired) electrons. The van der Waals surface area contributed by atoms with Crippen LogP contribution in [-0.4, -0.2) is 45.0 Å². The molecule has 2 unspecified atom stereocenters. The van der Waals surface area contributed by atoms with Gasteiger partial charge in [0.05, 0.1) is 11.5 Å². The minimum absolute atomic E-state index is 0.144. The Morgan fingerprint density at radius 3 is 2.91 bits per heavy atom. The molecule has 0 aliphatic carbocycles. The van der Waals surface area contributed by atoms with Crippen molar-refractivity contribution < 1.29 is 19.5 Å². The van der Waals surface area contributed by atoms with Crippen LogP contribution in [0.15, 0.2) is 28.2 Å². The van der Waals surface area contributed by atoms with E-state index in [0.29, 0.717) is 5.75 Å². The maximum absolute atomic E-state index is 12.1. The van der Waals surface area contributed by atoms with Crippen molar-refractivity contribution in [1.82, 2.24) is 10.2 Å². The fraction of sp³-hybridized carbons (Fsp3) is 0.308. The van der Waals surface area contributed by atoms with Gasteiger partial charge in [0.2, 0.25) is 5.91 Å². The second-order valence-electron chi connectivity index (χ2n) is 4.77. The molecule has 6 nitrogen and oxygen atoms in total. The van der Waals surface area contributed by atoms with Gasteiger partial charge in [-0.1, -0.05) is 17.7 Å². The van der Waals surface area contributed by atoms with Crippen LogP contribution in [0.4, 0.5) is 0 Å². The number of amides is 2. The molecule has 0 bridgehead atoms. The Kier molecular flexibility index (Phi) is 4.16. The van der Waals surface area contributed by atoms with Crippen molar-refractivity contribution in [1.29, 1.82) is 0 Å². The number of aliphatic carboxylic acids is 1. The highest BCUT2D eigenvalue weighted by Gasteiger charge is 2.54. The number of thioether (sulfide) groups is 1. The number of nitrogens with zero attached hydrogens (tertiary/aromatic N) is 1. The summed E-state index contributed by atoms with van der Waals surface area (Å²) in [6.07, 6.45) is 0.210. The summed E-state index contributed by atoms with van der Waals surface area (Å²) in [5.74, 6) is -1.60. The number of β-lactam (4-membered cyclic amide) rings is 1. The topological polar surface area (TPSA) is 86.7 Å². The molecule has 116 valence electrons. The van der Waals surface area contributed by atoms with Gasteiger partial charge in [0.1, 0.15) is 17.1 Å². The molecular formula is C13H11ClN2O4S2. The van der Waals surface area contributed by atoms with E-state index in [1.54, 1.807) is 0 Å². The number of carbonyl (C=O) groups is 3. The fourth-order valence-electron chi connectivity index (χ4n) is 2.38.